The lowest BCUT2D eigenvalue weighted by atomic mass is 10.1. The molecular weight excluding hydrogens is 307 g/mol. The molecule has 1 aromatic rings. The molecule has 0 unspecified atom stereocenters. The van der Waals surface area contributed by atoms with Crippen molar-refractivity contribution in [3.63, 3.8) is 0 Å². The normalized spacial score (nSPS) is 11.3. The number of nitrogens with zero attached hydrogens (tertiary/aromatic N) is 1. The Hall–Kier alpha value is -1.44. The van der Waals surface area contributed by atoms with Gasteiger partial charge in [-0.25, -0.2) is 0 Å². The second-order valence-electron chi connectivity index (χ2n) is 3.04. The number of nitro benzene ring substituents is 1. The predicted molar refractivity (Wildman–Crippen MR) is 56.2 cm³/mol. The molecule has 0 amide bonds. The predicted octanol–water partition coefficient (Wildman–Crippen LogP) is 3.19. The third kappa shape index (κ3) is 3.02. The van der Waals surface area contributed by atoms with Crippen molar-refractivity contribution in [2.75, 3.05) is 5.33 Å². The minimum Gasteiger partial charge on any atom is -0.293 e. The first-order valence-electron chi connectivity index (χ1n) is 4.22. The Balaban J connectivity index is 3.39. The zero-order valence-electron chi connectivity index (χ0n) is 8.12. The summed E-state index contributed by atoms with van der Waals surface area (Å²) in [4.78, 5) is 21.0. The topological polar surface area (TPSA) is 60.2 Å². The van der Waals surface area contributed by atoms with E-state index in [1.54, 1.807) is 0 Å². The summed E-state index contributed by atoms with van der Waals surface area (Å²) < 4.78 is 37.1. The Morgan fingerprint density at radius 1 is 1.41 bits per heavy atom. The lowest BCUT2D eigenvalue weighted by Gasteiger charge is -2.08. The van der Waals surface area contributed by atoms with Crippen LogP contribution >= 0.6 is 15.9 Å². The highest BCUT2D eigenvalue weighted by molar-refractivity contribution is 9.09. The van der Waals surface area contributed by atoms with Gasteiger partial charge in [0.15, 0.2) is 5.78 Å². The fraction of sp³-hybridized carbons (Fsp3) is 0.222. The van der Waals surface area contributed by atoms with Gasteiger partial charge in [0.05, 0.1) is 21.4 Å². The number of hydrogen-bond acceptors (Lipinski definition) is 3. The van der Waals surface area contributed by atoms with Gasteiger partial charge in [0.25, 0.3) is 5.69 Å². The number of Topliss-reactive ketones (excluding diaryl/α,β-unsaturated/α-hetero) is 1. The lowest BCUT2D eigenvalue weighted by molar-refractivity contribution is -0.385. The average Bonchev–Trinajstić information content (AvgIpc) is 2.25. The molecule has 0 saturated carbocycles. The summed E-state index contributed by atoms with van der Waals surface area (Å²) in [5, 5.41) is 10.3. The number of ketones is 1. The quantitative estimate of drug-likeness (QED) is 0.373. The molecule has 0 saturated heterocycles. The number of carbonyl (C=O) groups excluding carboxylic acids is 1. The number of rotatable bonds is 3. The Bertz CT molecular complexity index is 473. The van der Waals surface area contributed by atoms with E-state index in [0.29, 0.717) is 18.2 Å². The highest BCUT2D eigenvalue weighted by Crippen LogP contribution is 2.32. The molecule has 0 fully saturated rings. The number of halogens is 4. The number of nitro groups is 1. The van der Waals surface area contributed by atoms with E-state index >= 15 is 0 Å². The number of benzene rings is 1. The molecular formula is C9H5BrF3NO3. The molecule has 4 nitrogen and oxygen atoms in total. The fourth-order valence-electron chi connectivity index (χ4n) is 1.17. The smallest absolute Gasteiger partial charge is 0.293 e. The van der Waals surface area contributed by atoms with Crippen molar-refractivity contribution in [2.24, 2.45) is 0 Å². The summed E-state index contributed by atoms with van der Waals surface area (Å²) in [6.45, 7) is 0. The molecule has 0 heterocycles. The average molecular weight is 312 g/mol. The van der Waals surface area contributed by atoms with Crippen LogP contribution < -0.4 is 0 Å². The molecule has 92 valence electrons. The van der Waals surface area contributed by atoms with Crippen LogP contribution in [0.4, 0.5) is 18.9 Å². The second-order valence-corrected chi connectivity index (χ2v) is 3.60. The molecule has 0 bridgehead atoms. The summed E-state index contributed by atoms with van der Waals surface area (Å²) >= 11 is 2.76. The Morgan fingerprint density at radius 3 is 2.41 bits per heavy atom. The number of hydrogen-bond donors (Lipinski definition) is 0. The van der Waals surface area contributed by atoms with Crippen molar-refractivity contribution >= 4 is 27.4 Å². The highest BCUT2D eigenvalue weighted by atomic mass is 79.9. The van der Waals surface area contributed by atoms with Gasteiger partial charge in [-0.3, -0.25) is 14.9 Å². The third-order valence-electron chi connectivity index (χ3n) is 1.94. The van der Waals surface area contributed by atoms with Crippen molar-refractivity contribution in [2.45, 2.75) is 6.18 Å². The summed E-state index contributed by atoms with van der Waals surface area (Å²) in [7, 11) is 0. The zero-order valence-corrected chi connectivity index (χ0v) is 9.71. The Labute approximate surface area is 102 Å². The second kappa shape index (κ2) is 4.82. The number of alkyl halides is 4. The van der Waals surface area contributed by atoms with Gasteiger partial charge in [-0.2, -0.15) is 13.2 Å². The van der Waals surface area contributed by atoms with Crippen molar-refractivity contribution in [1.82, 2.24) is 0 Å². The third-order valence-corrected chi connectivity index (χ3v) is 2.45. The summed E-state index contributed by atoms with van der Waals surface area (Å²) in [6, 6.07) is 1.74. The molecule has 0 radical (unpaired) electrons. The summed E-state index contributed by atoms with van der Waals surface area (Å²) in [6.07, 6.45) is -4.64. The monoisotopic (exact) mass is 311 g/mol. The molecule has 0 atom stereocenters. The van der Waals surface area contributed by atoms with Gasteiger partial charge in [0.2, 0.25) is 0 Å². The summed E-state index contributed by atoms with van der Waals surface area (Å²) in [5.74, 6) is -0.775. The molecule has 8 heteroatoms. The zero-order chi connectivity index (χ0) is 13.2. The molecule has 0 aromatic heterocycles. The summed E-state index contributed by atoms with van der Waals surface area (Å²) in [5.41, 5.74) is -2.28. The van der Waals surface area contributed by atoms with E-state index < -0.39 is 33.7 Å². The molecule has 0 aliphatic heterocycles. The van der Waals surface area contributed by atoms with Crippen molar-refractivity contribution in [3.05, 3.63) is 39.4 Å². The maximum atomic E-state index is 12.4. The van der Waals surface area contributed by atoms with Gasteiger partial charge in [0.1, 0.15) is 0 Å². The van der Waals surface area contributed by atoms with Crippen LogP contribution in [0.25, 0.3) is 0 Å². The van der Waals surface area contributed by atoms with E-state index in [-0.39, 0.29) is 5.33 Å². The van der Waals surface area contributed by atoms with Crippen LogP contribution in [0.3, 0.4) is 0 Å². The molecule has 17 heavy (non-hydrogen) atoms. The van der Waals surface area contributed by atoms with Crippen LogP contribution in [0.15, 0.2) is 18.2 Å². The molecule has 0 aliphatic rings. The largest absolute Gasteiger partial charge is 0.416 e. The molecule has 0 aliphatic carbocycles. The maximum Gasteiger partial charge on any atom is 0.416 e. The Kier molecular flexibility index (Phi) is 3.87. The molecule has 0 spiro atoms. The van der Waals surface area contributed by atoms with Gasteiger partial charge in [-0.15, -0.1) is 0 Å². The van der Waals surface area contributed by atoms with Crippen molar-refractivity contribution < 1.29 is 22.9 Å². The first-order valence-corrected chi connectivity index (χ1v) is 5.34. The van der Waals surface area contributed by atoms with Gasteiger partial charge in [-0.1, -0.05) is 15.9 Å². The highest BCUT2D eigenvalue weighted by Gasteiger charge is 2.33. The fourth-order valence-corrected chi connectivity index (χ4v) is 1.47. The van der Waals surface area contributed by atoms with Crippen LogP contribution in [0.5, 0.6) is 0 Å². The van der Waals surface area contributed by atoms with Crippen LogP contribution in [0.2, 0.25) is 0 Å². The van der Waals surface area contributed by atoms with Crippen LogP contribution in [-0.4, -0.2) is 16.0 Å². The van der Waals surface area contributed by atoms with Gasteiger partial charge < -0.3 is 0 Å². The minimum atomic E-state index is -4.64. The standard InChI is InChI=1S/C9H5BrF3NO3/c10-4-8(15)6-3-5(9(11,12)13)1-2-7(6)14(16)17/h1-3H,4H2. The van der Waals surface area contributed by atoms with E-state index in [9.17, 15) is 28.1 Å². The molecule has 1 rings (SSSR count). The molecule has 0 N–H and O–H groups in total. The van der Waals surface area contributed by atoms with E-state index in [1.807, 2.05) is 0 Å². The van der Waals surface area contributed by atoms with Crippen molar-refractivity contribution in [1.29, 1.82) is 0 Å². The molecule has 1 aromatic carbocycles. The Morgan fingerprint density at radius 2 is 2.00 bits per heavy atom. The van der Waals surface area contributed by atoms with Crippen LogP contribution in [0, 0.1) is 10.1 Å². The van der Waals surface area contributed by atoms with E-state index in [0.717, 1.165) is 0 Å². The minimum absolute atomic E-state index is 0.283. The van der Waals surface area contributed by atoms with Gasteiger partial charge in [0, 0.05) is 6.07 Å². The van der Waals surface area contributed by atoms with E-state index in [4.69, 9.17) is 0 Å². The number of carbonyl (C=O) groups is 1. The maximum absolute atomic E-state index is 12.4. The first kappa shape index (κ1) is 13.6. The first-order chi connectivity index (χ1) is 7.77. The lowest BCUT2D eigenvalue weighted by Crippen LogP contribution is -2.10. The van der Waals surface area contributed by atoms with E-state index in [1.165, 1.54) is 0 Å². The SMILES string of the molecule is O=C(CBr)c1cc(C(F)(F)F)ccc1[N+](=O)[O-]. The van der Waals surface area contributed by atoms with Gasteiger partial charge in [-0.05, 0) is 12.1 Å². The van der Waals surface area contributed by atoms with Crippen LogP contribution in [0.1, 0.15) is 15.9 Å². The van der Waals surface area contributed by atoms with Gasteiger partial charge >= 0.3 is 6.18 Å². The van der Waals surface area contributed by atoms with E-state index in [2.05, 4.69) is 15.9 Å². The van der Waals surface area contributed by atoms with Crippen molar-refractivity contribution in [3.8, 4) is 0 Å². The van der Waals surface area contributed by atoms with Crippen LogP contribution in [-0.2, 0) is 6.18 Å².